The summed E-state index contributed by atoms with van der Waals surface area (Å²) >= 11 is 0. The molecule has 0 aromatic heterocycles. The minimum Gasteiger partial charge on any atom is -0.367 e. The Morgan fingerprint density at radius 1 is 1.14 bits per heavy atom. The molecule has 3 rings (SSSR count). The van der Waals surface area contributed by atoms with Gasteiger partial charge in [0, 0.05) is 45.1 Å². The topological polar surface area (TPSA) is 59.4 Å². The Morgan fingerprint density at radius 3 is 2.54 bits per heavy atom. The zero-order chi connectivity index (χ0) is 19.8. The molecule has 5 nitrogen and oxygen atoms in total. The molecule has 0 spiro atoms. The normalized spacial score (nSPS) is 23.2. The van der Waals surface area contributed by atoms with Gasteiger partial charge in [-0.15, -0.1) is 0 Å². The summed E-state index contributed by atoms with van der Waals surface area (Å²) in [5.74, 6) is 0.613. The molecule has 1 heterocycles. The lowest BCUT2D eigenvalue weighted by Gasteiger charge is -2.37. The van der Waals surface area contributed by atoms with Crippen molar-refractivity contribution < 1.29 is 9.18 Å². The van der Waals surface area contributed by atoms with Crippen molar-refractivity contribution in [2.75, 3.05) is 37.6 Å². The molecule has 1 saturated heterocycles. The maximum absolute atomic E-state index is 13.9. The highest BCUT2D eigenvalue weighted by molar-refractivity contribution is 5.76. The van der Waals surface area contributed by atoms with E-state index in [1.54, 1.807) is 6.07 Å². The smallest absolute Gasteiger partial charge is 0.221 e. The number of carbonyl (C=O) groups is 1. The predicted octanol–water partition coefficient (Wildman–Crippen LogP) is 3.32. The van der Waals surface area contributed by atoms with Crippen molar-refractivity contribution in [2.24, 2.45) is 5.92 Å². The molecule has 28 heavy (non-hydrogen) atoms. The number of benzene rings is 1. The number of para-hydroxylation sites is 1. The lowest BCUT2D eigenvalue weighted by atomic mass is 9.84. The van der Waals surface area contributed by atoms with Crippen molar-refractivity contribution in [3.8, 4) is 6.07 Å². The molecule has 1 aromatic rings. The average Bonchev–Trinajstić information content (AvgIpc) is 2.72. The first-order valence-electron chi connectivity index (χ1n) is 10.5. The van der Waals surface area contributed by atoms with Crippen molar-refractivity contribution in [2.45, 2.75) is 51.0 Å². The summed E-state index contributed by atoms with van der Waals surface area (Å²) < 4.78 is 13.9. The number of halogens is 1. The quantitative estimate of drug-likeness (QED) is 0.781. The first kappa shape index (κ1) is 20.6. The van der Waals surface area contributed by atoms with Crippen molar-refractivity contribution in [1.82, 2.24) is 10.2 Å². The molecule has 0 atom stereocenters. The Labute approximate surface area is 167 Å². The third kappa shape index (κ3) is 5.93. The van der Waals surface area contributed by atoms with Crippen molar-refractivity contribution in [1.29, 1.82) is 5.26 Å². The van der Waals surface area contributed by atoms with Crippen LogP contribution in [0.25, 0.3) is 0 Å². The molecular weight excluding hydrogens is 355 g/mol. The number of piperazine rings is 1. The van der Waals surface area contributed by atoms with Crippen LogP contribution in [0.3, 0.4) is 0 Å². The van der Waals surface area contributed by atoms with E-state index in [0.29, 0.717) is 12.8 Å². The van der Waals surface area contributed by atoms with Gasteiger partial charge in [0.05, 0.1) is 11.8 Å². The highest BCUT2D eigenvalue weighted by atomic mass is 19.1. The van der Waals surface area contributed by atoms with Gasteiger partial charge < -0.3 is 10.2 Å². The summed E-state index contributed by atoms with van der Waals surface area (Å²) in [6.07, 6.45) is 6.24. The number of rotatable bonds is 7. The Kier molecular flexibility index (Phi) is 7.67. The number of carbonyl (C=O) groups excluding carboxylic acids is 1. The summed E-state index contributed by atoms with van der Waals surface area (Å²) in [6.45, 7) is 4.83. The van der Waals surface area contributed by atoms with Gasteiger partial charge in [0.2, 0.25) is 5.91 Å². The third-order valence-electron chi connectivity index (χ3n) is 6.09. The van der Waals surface area contributed by atoms with Gasteiger partial charge in [-0.2, -0.15) is 5.26 Å². The third-order valence-corrected chi connectivity index (χ3v) is 6.09. The molecular formula is C22H31FN4O. The van der Waals surface area contributed by atoms with E-state index >= 15 is 0 Å². The van der Waals surface area contributed by atoms with Crippen LogP contribution in [-0.4, -0.2) is 49.6 Å². The average molecular weight is 387 g/mol. The van der Waals surface area contributed by atoms with Crippen LogP contribution in [0.4, 0.5) is 10.1 Å². The van der Waals surface area contributed by atoms with E-state index in [-0.39, 0.29) is 17.8 Å². The molecule has 1 aliphatic heterocycles. The highest BCUT2D eigenvalue weighted by Crippen LogP contribution is 2.27. The van der Waals surface area contributed by atoms with Gasteiger partial charge in [0.25, 0.3) is 0 Å². The zero-order valence-electron chi connectivity index (χ0n) is 16.6. The number of nitrogens with zero attached hydrogens (tertiary/aromatic N) is 3. The summed E-state index contributed by atoms with van der Waals surface area (Å²) in [7, 11) is 0. The molecule has 0 unspecified atom stereocenters. The number of hydrogen-bond donors (Lipinski definition) is 1. The van der Waals surface area contributed by atoms with Crippen LogP contribution < -0.4 is 10.2 Å². The van der Waals surface area contributed by atoms with Crippen LogP contribution in [0.15, 0.2) is 24.3 Å². The molecule has 1 aromatic carbocycles. The number of hydrogen-bond acceptors (Lipinski definition) is 4. The molecule has 1 aliphatic carbocycles. The van der Waals surface area contributed by atoms with E-state index < -0.39 is 0 Å². The lowest BCUT2D eigenvalue weighted by molar-refractivity contribution is -0.122. The van der Waals surface area contributed by atoms with Crippen LogP contribution in [0.5, 0.6) is 0 Å². The molecule has 2 fully saturated rings. The van der Waals surface area contributed by atoms with Crippen LogP contribution in [0.1, 0.15) is 44.9 Å². The standard InChI is InChI=1S/C22H31FN4O/c23-20-4-1-2-5-21(20)27-16-14-26(15-17-27)13-11-18-7-9-19(10-8-18)25-22(28)6-3-12-24/h1-2,4-5,18-19H,3,6-11,13-17H2,(H,25,28)/t18-,19-. The molecule has 6 heteroatoms. The second kappa shape index (κ2) is 10.4. The number of amides is 1. The van der Waals surface area contributed by atoms with Crippen LogP contribution in [0, 0.1) is 23.1 Å². The summed E-state index contributed by atoms with van der Waals surface area (Å²) in [5.41, 5.74) is 0.720. The highest BCUT2D eigenvalue weighted by Gasteiger charge is 2.24. The maximum atomic E-state index is 13.9. The van der Waals surface area contributed by atoms with E-state index in [4.69, 9.17) is 5.26 Å². The number of anilines is 1. The SMILES string of the molecule is N#CCCC(=O)N[C@H]1CC[C@H](CCN2CCN(c3ccccc3F)CC2)CC1. The minimum absolute atomic E-state index is 0.0118. The maximum Gasteiger partial charge on any atom is 0.221 e. The Balaban J connectivity index is 1.32. The van der Waals surface area contributed by atoms with Gasteiger partial charge in [-0.1, -0.05) is 12.1 Å². The minimum atomic E-state index is -0.132. The fourth-order valence-electron chi connectivity index (χ4n) is 4.35. The monoisotopic (exact) mass is 386 g/mol. The summed E-state index contributed by atoms with van der Waals surface area (Å²) in [5, 5.41) is 11.6. The van der Waals surface area contributed by atoms with Crippen LogP contribution >= 0.6 is 0 Å². The predicted molar refractivity (Wildman–Crippen MR) is 108 cm³/mol. The van der Waals surface area contributed by atoms with Gasteiger partial charge in [-0.3, -0.25) is 9.69 Å². The van der Waals surface area contributed by atoms with Crippen molar-refractivity contribution in [3.63, 3.8) is 0 Å². The van der Waals surface area contributed by atoms with Gasteiger partial charge in [0.1, 0.15) is 5.82 Å². The number of nitrogens with one attached hydrogen (secondary N) is 1. The summed E-state index contributed by atoms with van der Waals surface area (Å²) in [6, 6.07) is 9.33. The molecule has 1 amide bonds. The Bertz CT molecular complexity index is 673. The summed E-state index contributed by atoms with van der Waals surface area (Å²) in [4.78, 5) is 16.4. The molecule has 1 N–H and O–H groups in total. The lowest BCUT2D eigenvalue weighted by Crippen LogP contribution is -2.47. The van der Waals surface area contributed by atoms with Crippen LogP contribution in [-0.2, 0) is 4.79 Å². The van der Waals surface area contributed by atoms with E-state index in [1.807, 2.05) is 18.2 Å². The van der Waals surface area contributed by atoms with Gasteiger partial charge in [-0.25, -0.2) is 4.39 Å². The van der Waals surface area contributed by atoms with Crippen molar-refractivity contribution in [3.05, 3.63) is 30.1 Å². The second-order valence-electron chi connectivity index (χ2n) is 8.01. The first-order valence-corrected chi connectivity index (χ1v) is 10.5. The molecule has 2 aliphatic rings. The first-order chi connectivity index (χ1) is 13.7. The van der Waals surface area contributed by atoms with E-state index in [1.165, 1.54) is 25.3 Å². The number of nitriles is 1. The van der Waals surface area contributed by atoms with Crippen molar-refractivity contribution >= 4 is 11.6 Å². The van der Waals surface area contributed by atoms with Gasteiger partial charge >= 0.3 is 0 Å². The van der Waals surface area contributed by atoms with Gasteiger partial charge in [0.15, 0.2) is 0 Å². The van der Waals surface area contributed by atoms with E-state index in [9.17, 15) is 9.18 Å². The fraction of sp³-hybridized carbons (Fsp3) is 0.636. The molecule has 152 valence electrons. The van der Waals surface area contributed by atoms with E-state index in [0.717, 1.165) is 57.2 Å². The Hall–Kier alpha value is -2.13. The van der Waals surface area contributed by atoms with Gasteiger partial charge in [-0.05, 0) is 56.7 Å². The fourth-order valence-corrected chi connectivity index (χ4v) is 4.35. The van der Waals surface area contributed by atoms with E-state index in [2.05, 4.69) is 15.1 Å². The Morgan fingerprint density at radius 2 is 1.86 bits per heavy atom. The molecule has 0 bridgehead atoms. The molecule has 1 saturated carbocycles. The van der Waals surface area contributed by atoms with Crippen LogP contribution in [0.2, 0.25) is 0 Å². The largest absolute Gasteiger partial charge is 0.367 e. The zero-order valence-corrected chi connectivity index (χ0v) is 16.6. The molecule has 0 radical (unpaired) electrons. The second-order valence-corrected chi connectivity index (χ2v) is 8.01.